The van der Waals surface area contributed by atoms with Gasteiger partial charge in [0.25, 0.3) is 5.91 Å². The Morgan fingerprint density at radius 1 is 1.07 bits per heavy atom. The molecule has 162 valence electrons. The molecule has 0 unspecified atom stereocenters. The van der Waals surface area contributed by atoms with Gasteiger partial charge in [-0.3, -0.25) is 14.5 Å². The normalized spacial score (nSPS) is 22.6. The van der Waals surface area contributed by atoms with E-state index in [0.29, 0.717) is 45.2 Å². The van der Waals surface area contributed by atoms with Crippen molar-refractivity contribution in [2.24, 2.45) is 0 Å². The molecule has 1 N–H and O–H groups in total. The second-order valence-electron chi connectivity index (χ2n) is 8.72. The van der Waals surface area contributed by atoms with Crippen LogP contribution < -0.4 is 5.32 Å². The van der Waals surface area contributed by atoms with Crippen molar-refractivity contribution in [2.75, 3.05) is 32.7 Å². The summed E-state index contributed by atoms with van der Waals surface area (Å²) in [5, 5.41) is 3.01. The van der Waals surface area contributed by atoms with Crippen LogP contribution in [0.1, 0.15) is 44.6 Å². The molecule has 3 saturated heterocycles. The smallest absolute Gasteiger partial charge is 0.325 e. The van der Waals surface area contributed by atoms with Crippen molar-refractivity contribution >= 4 is 17.8 Å². The summed E-state index contributed by atoms with van der Waals surface area (Å²) in [6.07, 6.45) is 3.91. The molecule has 1 aromatic carbocycles. The van der Waals surface area contributed by atoms with Gasteiger partial charge in [-0.25, -0.2) is 4.79 Å². The van der Waals surface area contributed by atoms with Gasteiger partial charge in [0.05, 0.1) is 0 Å². The number of benzene rings is 1. The Kier molecular flexibility index (Phi) is 6.09. The zero-order valence-corrected chi connectivity index (χ0v) is 17.8. The van der Waals surface area contributed by atoms with Gasteiger partial charge in [-0.1, -0.05) is 37.3 Å². The quantitative estimate of drug-likeness (QED) is 0.751. The van der Waals surface area contributed by atoms with E-state index in [1.807, 2.05) is 35.2 Å². The number of nitrogens with zero attached hydrogens (tertiary/aromatic N) is 3. The Labute approximate surface area is 178 Å². The number of amides is 4. The molecule has 30 heavy (non-hydrogen) atoms. The van der Waals surface area contributed by atoms with Crippen LogP contribution in [0.4, 0.5) is 4.79 Å². The molecule has 3 fully saturated rings. The fourth-order valence-corrected chi connectivity index (χ4v) is 4.99. The lowest BCUT2D eigenvalue weighted by atomic mass is 9.87. The van der Waals surface area contributed by atoms with Crippen LogP contribution in [0, 0.1) is 0 Å². The number of carbonyl (C=O) groups is 3. The van der Waals surface area contributed by atoms with Gasteiger partial charge in [-0.05, 0) is 44.2 Å². The maximum atomic E-state index is 13.2. The van der Waals surface area contributed by atoms with E-state index < -0.39 is 5.54 Å². The van der Waals surface area contributed by atoms with Crippen LogP contribution in [0.5, 0.6) is 0 Å². The van der Waals surface area contributed by atoms with Crippen molar-refractivity contribution in [3.05, 3.63) is 35.9 Å². The Morgan fingerprint density at radius 2 is 1.73 bits per heavy atom. The summed E-state index contributed by atoms with van der Waals surface area (Å²) >= 11 is 0. The molecule has 1 aromatic rings. The van der Waals surface area contributed by atoms with Crippen LogP contribution >= 0.6 is 0 Å². The van der Waals surface area contributed by atoms with E-state index in [1.165, 1.54) is 10.5 Å². The Hall–Kier alpha value is -2.41. The van der Waals surface area contributed by atoms with E-state index in [9.17, 15) is 14.4 Å². The van der Waals surface area contributed by atoms with Gasteiger partial charge >= 0.3 is 6.03 Å². The lowest BCUT2D eigenvalue weighted by molar-refractivity contribution is -0.136. The van der Waals surface area contributed by atoms with Crippen molar-refractivity contribution in [1.82, 2.24) is 20.0 Å². The summed E-state index contributed by atoms with van der Waals surface area (Å²) in [5.41, 5.74) is 0.449. The first-order chi connectivity index (χ1) is 14.5. The third kappa shape index (κ3) is 4.08. The van der Waals surface area contributed by atoms with Gasteiger partial charge < -0.3 is 15.1 Å². The topological polar surface area (TPSA) is 73.0 Å². The fraction of sp³-hybridized carbons (Fsp3) is 0.609. The molecule has 0 radical (unpaired) electrons. The molecule has 4 amide bonds. The molecule has 0 bridgehead atoms. The third-order valence-corrected chi connectivity index (χ3v) is 7.00. The number of hydrogen-bond acceptors (Lipinski definition) is 4. The molecular weight excluding hydrogens is 380 g/mol. The van der Waals surface area contributed by atoms with E-state index in [1.54, 1.807) is 0 Å². The van der Waals surface area contributed by atoms with Gasteiger partial charge in [0.1, 0.15) is 5.54 Å². The number of rotatable bonds is 5. The molecule has 0 saturated carbocycles. The van der Waals surface area contributed by atoms with E-state index >= 15 is 0 Å². The average molecular weight is 413 g/mol. The first-order valence-corrected chi connectivity index (χ1v) is 11.2. The van der Waals surface area contributed by atoms with Crippen LogP contribution in [0.15, 0.2) is 30.3 Å². The number of aryl methyl sites for hydroxylation is 1. The highest BCUT2D eigenvalue weighted by molar-refractivity contribution is 6.07. The van der Waals surface area contributed by atoms with Crippen molar-refractivity contribution in [3.8, 4) is 0 Å². The Morgan fingerprint density at radius 3 is 2.37 bits per heavy atom. The lowest BCUT2D eigenvalue weighted by Crippen LogP contribution is -2.55. The molecule has 3 aliphatic heterocycles. The van der Waals surface area contributed by atoms with Crippen LogP contribution in [0.2, 0.25) is 0 Å². The number of likely N-dealkylation sites (tertiary alicyclic amines) is 2. The van der Waals surface area contributed by atoms with E-state index in [0.717, 1.165) is 26.1 Å². The number of imide groups is 1. The first-order valence-electron chi connectivity index (χ1n) is 11.2. The van der Waals surface area contributed by atoms with Crippen molar-refractivity contribution in [2.45, 2.75) is 57.0 Å². The minimum absolute atomic E-state index is 0.0582. The molecule has 3 aliphatic rings. The molecule has 1 spiro atoms. The second-order valence-corrected chi connectivity index (χ2v) is 8.72. The maximum Gasteiger partial charge on any atom is 0.325 e. The molecule has 0 atom stereocenters. The van der Waals surface area contributed by atoms with Crippen molar-refractivity contribution in [1.29, 1.82) is 0 Å². The lowest BCUT2D eigenvalue weighted by Gasteiger charge is -2.38. The van der Waals surface area contributed by atoms with E-state index in [-0.39, 0.29) is 23.9 Å². The summed E-state index contributed by atoms with van der Waals surface area (Å²) in [7, 11) is 0. The van der Waals surface area contributed by atoms with Crippen LogP contribution in [-0.4, -0.2) is 76.8 Å². The fourth-order valence-electron chi connectivity index (χ4n) is 4.99. The predicted molar refractivity (Wildman–Crippen MR) is 114 cm³/mol. The molecule has 7 heteroatoms. The predicted octanol–water partition coefficient (Wildman–Crippen LogP) is 2.02. The average Bonchev–Trinajstić information content (AvgIpc) is 3.02. The van der Waals surface area contributed by atoms with Gasteiger partial charge in [0.2, 0.25) is 5.91 Å². The first kappa shape index (κ1) is 20.8. The summed E-state index contributed by atoms with van der Waals surface area (Å²) in [4.78, 5) is 44.1. The van der Waals surface area contributed by atoms with Crippen molar-refractivity contribution < 1.29 is 14.4 Å². The Bertz CT molecular complexity index is 781. The van der Waals surface area contributed by atoms with E-state index in [4.69, 9.17) is 0 Å². The van der Waals surface area contributed by atoms with Crippen LogP contribution in [-0.2, 0) is 16.0 Å². The zero-order chi connectivity index (χ0) is 21.1. The number of piperidine rings is 2. The highest BCUT2D eigenvalue weighted by Crippen LogP contribution is 2.32. The summed E-state index contributed by atoms with van der Waals surface area (Å²) < 4.78 is 0. The van der Waals surface area contributed by atoms with Crippen LogP contribution in [0.3, 0.4) is 0 Å². The van der Waals surface area contributed by atoms with Crippen LogP contribution in [0.25, 0.3) is 0 Å². The SMILES string of the molecule is CCN1CCC2(CC1)NC(=O)N(C1CCN(C(=O)CCc3ccccc3)CC1)C2=O. The molecular formula is C23H32N4O3. The Balaban J connectivity index is 1.30. The molecule has 0 aromatic heterocycles. The van der Waals surface area contributed by atoms with Gasteiger partial charge in [0, 0.05) is 38.6 Å². The highest BCUT2D eigenvalue weighted by Gasteiger charge is 2.54. The number of urea groups is 1. The number of nitrogens with one attached hydrogen (secondary N) is 1. The zero-order valence-electron chi connectivity index (χ0n) is 17.8. The van der Waals surface area contributed by atoms with Gasteiger partial charge in [-0.15, -0.1) is 0 Å². The number of carbonyl (C=O) groups excluding carboxylic acids is 3. The molecule has 7 nitrogen and oxygen atoms in total. The molecule has 0 aliphatic carbocycles. The van der Waals surface area contributed by atoms with Gasteiger partial charge in [0.15, 0.2) is 0 Å². The largest absolute Gasteiger partial charge is 0.343 e. The summed E-state index contributed by atoms with van der Waals surface area (Å²) in [5.74, 6) is 0.0926. The third-order valence-electron chi connectivity index (χ3n) is 7.00. The molecule has 4 rings (SSSR count). The summed E-state index contributed by atoms with van der Waals surface area (Å²) in [6, 6.07) is 9.67. The summed E-state index contributed by atoms with van der Waals surface area (Å²) in [6.45, 7) is 5.97. The standard InChI is InChI=1S/C23H32N4O3/c1-2-25-16-12-23(13-17-25)21(29)27(22(30)24-23)19-10-14-26(15-11-19)20(28)9-8-18-6-4-3-5-7-18/h3-7,19H,2,8-17H2,1H3,(H,24,30). The van der Waals surface area contributed by atoms with E-state index in [2.05, 4.69) is 17.1 Å². The minimum atomic E-state index is -0.717. The monoisotopic (exact) mass is 412 g/mol. The minimum Gasteiger partial charge on any atom is -0.343 e. The van der Waals surface area contributed by atoms with Gasteiger partial charge in [-0.2, -0.15) is 0 Å². The second kappa shape index (κ2) is 8.76. The number of hydrogen-bond donors (Lipinski definition) is 1. The highest BCUT2D eigenvalue weighted by atomic mass is 16.2. The molecule has 3 heterocycles. The maximum absolute atomic E-state index is 13.2. The van der Waals surface area contributed by atoms with Crippen molar-refractivity contribution in [3.63, 3.8) is 0 Å².